The molecule has 0 amide bonds. The molecular formula is C24H22O5. The van der Waals surface area contributed by atoms with Crippen molar-refractivity contribution in [2.45, 2.75) is 6.42 Å². The molecule has 0 bridgehead atoms. The van der Waals surface area contributed by atoms with Crippen LogP contribution in [0.3, 0.4) is 0 Å². The van der Waals surface area contributed by atoms with Gasteiger partial charge in [0.1, 0.15) is 11.5 Å². The summed E-state index contributed by atoms with van der Waals surface area (Å²) in [6.45, 7) is 0.417. The van der Waals surface area contributed by atoms with Gasteiger partial charge < -0.3 is 14.2 Å². The first kappa shape index (κ1) is 20.3. The van der Waals surface area contributed by atoms with Crippen LogP contribution in [-0.2, 0) is 16.0 Å². The monoisotopic (exact) mass is 390 g/mol. The molecule has 5 nitrogen and oxygen atoms in total. The van der Waals surface area contributed by atoms with Crippen LogP contribution in [0.5, 0.6) is 11.5 Å². The number of benzene rings is 3. The van der Waals surface area contributed by atoms with Crippen molar-refractivity contribution in [3.8, 4) is 11.5 Å². The molecule has 0 aliphatic carbocycles. The summed E-state index contributed by atoms with van der Waals surface area (Å²) in [6.07, 6.45) is 0.802. The van der Waals surface area contributed by atoms with E-state index in [1.165, 1.54) is 0 Å². The van der Waals surface area contributed by atoms with Crippen LogP contribution in [0.25, 0.3) is 0 Å². The van der Waals surface area contributed by atoms with E-state index in [2.05, 4.69) is 0 Å². The van der Waals surface area contributed by atoms with Crippen LogP contribution < -0.4 is 9.47 Å². The number of esters is 1. The van der Waals surface area contributed by atoms with Crippen LogP contribution in [0.4, 0.5) is 0 Å². The van der Waals surface area contributed by atoms with E-state index < -0.39 is 5.97 Å². The minimum absolute atomic E-state index is 0.0643. The van der Waals surface area contributed by atoms with Crippen molar-refractivity contribution in [1.29, 1.82) is 0 Å². The van der Waals surface area contributed by atoms with Crippen LogP contribution in [0.2, 0.25) is 0 Å². The maximum Gasteiger partial charge on any atom is 0.349 e. The smallest absolute Gasteiger partial charge is 0.349 e. The number of hydrogen-bond acceptors (Lipinski definition) is 5. The lowest BCUT2D eigenvalue weighted by Crippen LogP contribution is -2.17. The second-order valence-electron chi connectivity index (χ2n) is 6.37. The first-order valence-corrected chi connectivity index (χ1v) is 9.27. The SMILES string of the molecule is COCCc1ccc(OC(=O)COc2ccc(C(=O)c3ccccc3)cc2)cc1. The molecule has 0 radical (unpaired) electrons. The second kappa shape index (κ2) is 10.2. The summed E-state index contributed by atoms with van der Waals surface area (Å²) < 4.78 is 15.8. The number of ether oxygens (including phenoxy) is 3. The van der Waals surface area contributed by atoms with Crippen molar-refractivity contribution in [3.05, 3.63) is 95.6 Å². The molecule has 3 aromatic carbocycles. The molecule has 0 aliphatic heterocycles. The van der Waals surface area contributed by atoms with Crippen LogP contribution in [0.1, 0.15) is 21.5 Å². The Labute approximate surface area is 169 Å². The summed E-state index contributed by atoms with van der Waals surface area (Å²) in [5.41, 5.74) is 2.28. The van der Waals surface area contributed by atoms with E-state index in [0.717, 1.165) is 12.0 Å². The fraction of sp³-hybridized carbons (Fsp3) is 0.167. The van der Waals surface area contributed by atoms with Gasteiger partial charge in [0.2, 0.25) is 0 Å². The molecule has 0 saturated heterocycles. The Morgan fingerprint density at radius 3 is 2.03 bits per heavy atom. The third-order valence-corrected chi connectivity index (χ3v) is 4.26. The molecule has 3 rings (SSSR count). The minimum atomic E-state index is -0.501. The van der Waals surface area contributed by atoms with E-state index in [9.17, 15) is 9.59 Å². The molecule has 148 valence electrons. The van der Waals surface area contributed by atoms with Gasteiger partial charge in [-0.15, -0.1) is 0 Å². The Morgan fingerprint density at radius 2 is 1.38 bits per heavy atom. The number of methoxy groups -OCH3 is 1. The zero-order valence-electron chi connectivity index (χ0n) is 16.2. The van der Waals surface area contributed by atoms with Crippen LogP contribution >= 0.6 is 0 Å². The molecule has 0 fully saturated rings. The lowest BCUT2D eigenvalue weighted by molar-refractivity contribution is -0.136. The predicted molar refractivity (Wildman–Crippen MR) is 109 cm³/mol. The average molecular weight is 390 g/mol. The van der Waals surface area contributed by atoms with Crippen LogP contribution in [0, 0.1) is 0 Å². The molecular weight excluding hydrogens is 368 g/mol. The Bertz CT molecular complexity index is 931. The molecule has 0 heterocycles. The summed E-state index contributed by atoms with van der Waals surface area (Å²) in [4.78, 5) is 24.4. The van der Waals surface area contributed by atoms with E-state index in [1.54, 1.807) is 55.6 Å². The number of ketones is 1. The highest BCUT2D eigenvalue weighted by molar-refractivity contribution is 6.08. The Kier molecular flexibility index (Phi) is 7.14. The first-order valence-electron chi connectivity index (χ1n) is 9.27. The normalized spacial score (nSPS) is 10.4. The maximum absolute atomic E-state index is 12.4. The summed E-state index contributed by atoms with van der Waals surface area (Å²) >= 11 is 0. The molecule has 0 atom stereocenters. The zero-order valence-corrected chi connectivity index (χ0v) is 16.2. The van der Waals surface area contributed by atoms with E-state index in [1.807, 2.05) is 30.3 Å². The van der Waals surface area contributed by atoms with Gasteiger partial charge in [0, 0.05) is 18.2 Å². The summed E-state index contributed by atoms with van der Waals surface area (Å²) in [5, 5.41) is 0. The van der Waals surface area contributed by atoms with Crippen molar-refractivity contribution in [2.75, 3.05) is 20.3 Å². The Hall–Kier alpha value is -3.44. The number of carbonyl (C=O) groups excluding carboxylic acids is 2. The maximum atomic E-state index is 12.4. The lowest BCUT2D eigenvalue weighted by Gasteiger charge is -2.08. The van der Waals surface area contributed by atoms with E-state index >= 15 is 0 Å². The van der Waals surface area contributed by atoms with Crippen LogP contribution in [-0.4, -0.2) is 32.1 Å². The number of rotatable bonds is 9. The molecule has 0 unspecified atom stereocenters. The van der Waals surface area contributed by atoms with E-state index in [0.29, 0.717) is 29.2 Å². The van der Waals surface area contributed by atoms with Gasteiger partial charge in [-0.2, -0.15) is 0 Å². The van der Waals surface area contributed by atoms with E-state index in [4.69, 9.17) is 14.2 Å². The zero-order chi connectivity index (χ0) is 20.5. The highest BCUT2D eigenvalue weighted by atomic mass is 16.6. The van der Waals surface area contributed by atoms with Gasteiger partial charge in [-0.1, -0.05) is 42.5 Å². The van der Waals surface area contributed by atoms with Crippen molar-refractivity contribution >= 4 is 11.8 Å². The van der Waals surface area contributed by atoms with Crippen molar-refractivity contribution in [2.24, 2.45) is 0 Å². The summed E-state index contributed by atoms with van der Waals surface area (Å²) in [6, 6.07) is 23.0. The fourth-order valence-electron chi connectivity index (χ4n) is 2.71. The van der Waals surface area contributed by atoms with Gasteiger partial charge in [0.05, 0.1) is 6.61 Å². The van der Waals surface area contributed by atoms with E-state index in [-0.39, 0.29) is 12.4 Å². The van der Waals surface area contributed by atoms with Gasteiger partial charge in [-0.25, -0.2) is 4.79 Å². The highest BCUT2D eigenvalue weighted by Gasteiger charge is 2.10. The largest absolute Gasteiger partial charge is 0.482 e. The Balaban J connectivity index is 1.49. The standard InChI is InChI=1S/C24H22O5/c1-27-16-15-18-7-11-22(12-8-18)29-23(25)17-28-21-13-9-20(10-14-21)24(26)19-5-3-2-4-6-19/h2-14H,15-17H2,1H3. The minimum Gasteiger partial charge on any atom is -0.482 e. The molecule has 5 heteroatoms. The van der Waals surface area contributed by atoms with Crippen molar-refractivity contribution in [3.63, 3.8) is 0 Å². The summed E-state index contributed by atoms with van der Waals surface area (Å²) in [7, 11) is 1.66. The molecule has 0 aromatic heterocycles. The first-order chi connectivity index (χ1) is 14.2. The lowest BCUT2D eigenvalue weighted by atomic mass is 10.0. The quantitative estimate of drug-likeness (QED) is 0.313. The number of carbonyl (C=O) groups is 2. The van der Waals surface area contributed by atoms with Crippen LogP contribution in [0.15, 0.2) is 78.9 Å². The van der Waals surface area contributed by atoms with Crippen molar-refractivity contribution < 1.29 is 23.8 Å². The average Bonchev–Trinajstić information content (AvgIpc) is 2.78. The predicted octanol–water partition coefficient (Wildman–Crippen LogP) is 4.09. The molecule has 0 N–H and O–H groups in total. The third-order valence-electron chi connectivity index (χ3n) is 4.26. The fourth-order valence-corrected chi connectivity index (χ4v) is 2.71. The third kappa shape index (κ3) is 6.02. The van der Waals surface area contributed by atoms with Gasteiger partial charge in [-0.05, 0) is 48.4 Å². The second-order valence-corrected chi connectivity index (χ2v) is 6.37. The van der Waals surface area contributed by atoms with Gasteiger partial charge in [-0.3, -0.25) is 4.79 Å². The molecule has 0 saturated carbocycles. The molecule has 29 heavy (non-hydrogen) atoms. The molecule has 3 aromatic rings. The highest BCUT2D eigenvalue weighted by Crippen LogP contribution is 2.16. The Morgan fingerprint density at radius 1 is 0.759 bits per heavy atom. The van der Waals surface area contributed by atoms with Gasteiger partial charge in [0.25, 0.3) is 0 Å². The van der Waals surface area contributed by atoms with Crippen molar-refractivity contribution in [1.82, 2.24) is 0 Å². The topological polar surface area (TPSA) is 61.8 Å². The number of hydrogen-bond donors (Lipinski definition) is 0. The molecule has 0 aliphatic rings. The van der Waals surface area contributed by atoms with Gasteiger partial charge >= 0.3 is 5.97 Å². The van der Waals surface area contributed by atoms with Gasteiger partial charge in [0.15, 0.2) is 12.4 Å². The summed E-state index contributed by atoms with van der Waals surface area (Å²) in [5.74, 6) is 0.384. The molecule has 0 spiro atoms.